The molecule has 0 unspecified atom stereocenters. The van der Waals surface area contributed by atoms with Crippen LogP contribution in [-0.4, -0.2) is 33.8 Å². The summed E-state index contributed by atoms with van der Waals surface area (Å²) < 4.78 is 1.39. The summed E-state index contributed by atoms with van der Waals surface area (Å²) in [5, 5.41) is 0. The van der Waals surface area contributed by atoms with E-state index in [0.717, 1.165) is 12.8 Å². The first-order valence-corrected chi connectivity index (χ1v) is 6.37. The monoisotopic (exact) mass is 259 g/mol. The second-order valence-corrected chi connectivity index (χ2v) is 4.49. The summed E-state index contributed by atoms with van der Waals surface area (Å²) in [7, 11) is 1.71. The van der Waals surface area contributed by atoms with Gasteiger partial charge in [0.15, 0.2) is 0 Å². The van der Waals surface area contributed by atoms with Gasteiger partial charge in [-0.25, -0.2) is 4.98 Å². The van der Waals surface area contributed by atoms with Crippen molar-refractivity contribution in [1.82, 2.24) is 14.3 Å². The maximum Gasteiger partial charge on any atom is 0.270 e. The van der Waals surface area contributed by atoms with Crippen molar-refractivity contribution in [2.75, 3.05) is 13.6 Å². The minimum Gasteiger partial charge on any atom is -0.341 e. The number of pyridine rings is 1. The fraction of sp³-hybridized carbons (Fsp3) is 0.357. The van der Waals surface area contributed by atoms with E-state index in [4.69, 9.17) is 0 Å². The SMILES string of the molecule is CCCCN(C)C(=O)c1cnc2ccccn2c1=O. The molecule has 0 atom stereocenters. The molecule has 0 saturated heterocycles. The molecule has 0 bridgehead atoms. The van der Waals surface area contributed by atoms with E-state index in [1.54, 1.807) is 36.3 Å². The lowest BCUT2D eigenvalue weighted by Gasteiger charge is -2.16. The van der Waals surface area contributed by atoms with Crippen LogP contribution in [0.1, 0.15) is 30.1 Å². The molecule has 0 aliphatic heterocycles. The summed E-state index contributed by atoms with van der Waals surface area (Å²) in [4.78, 5) is 30.1. The average Bonchev–Trinajstić information content (AvgIpc) is 2.44. The van der Waals surface area contributed by atoms with Crippen molar-refractivity contribution in [3.63, 3.8) is 0 Å². The van der Waals surface area contributed by atoms with E-state index in [0.29, 0.717) is 12.2 Å². The maximum atomic E-state index is 12.2. The van der Waals surface area contributed by atoms with E-state index in [9.17, 15) is 9.59 Å². The van der Waals surface area contributed by atoms with Crippen LogP contribution < -0.4 is 5.56 Å². The van der Waals surface area contributed by atoms with Crippen molar-refractivity contribution < 1.29 is 4.79 Å². The minimum atomic E-state index is -0.320. The highest BCUT2D eigenvalue weighted by Gasteiger charge is 2.16. The highest BCUT2D eigenvalue weighted by Crippen LogP contribution is 2.02. The molecule has 2 aromatic heterocycles. The molecule has 5 nitrogen and oxygen atoms in total. The van der Waals surface area contributed by atoms with Gasteiger partial charge in [-0.1, -0.05) is 19.4 Å². The first-order valence-electron chi connectivity index (χ1n) is 6.37. The Balaban J connectivity index is 2.38. The van der Waals surface area contributed by atoms with Gasteiger partial charge in [-0.15, -0.1) is 0 Å². The quantitative estimate of drug-likeness (QED) is 0.837. The minimum absolute atomic E-state index is 0.113. The predicted molar refractivity (Wildman–Crippen MR) is 73.3 cm³/mol. The van der Waals surface area contributed by atoms with Crippen LogP contribution in [0.2, 0.25) is 0 Å². The van der Waals surface area contributed by atoms with E-state index in [1.165, 1.54) is 10.6 Å². The molecular formula is C14H17N3O2. The van der Waals surface area contributed by atoms with Gasteiger partial charge in [-0.05, 0) is 18.6 Å². The molecule has 0 N–H and O–H groups in total. The Morgan fingerprint density at radius 2 is 2.21 bits per heavy atom. The second kappa shape index (κ2) is 5.65. The molecule has 2 heterocycles. The lowest BCUT2D eigenvalue weighted by atomic mass is 10.2. The number of hydrogen-bond acceptors (Lipinski definition) is 3. The molecule has 2 aromatic rings. The van der Waals surface area contributed by atoms with Gasteiger partial charge >= 0.3 is 0 Å². The van der Waals surface area contributed by atoms with Crippen LogP contribution in [0.5, 0.6) is 0 Å². The van der Waals surface area contributed by atoms with Crippen molar-refractivity contribution >= 4 is 11.6 Å². The smallest absolute Gasteiger partial charge is 0.270 e. The highest BCUT2D eigenvalue weighted by atomic mass is 16.2. The zero-order valence-electron chi connectivity index (χ0n) is 11.2. The Morgan fingerprint density at radius 1 is 1.42 bits per heavy atom. The topological polar surface area (TPSA) is 54.7 Å². The Hall–Kier alpha value is -2.17. The molecular weight excluding hydrogens is 242 g/mol. The lowest BCUT2D eigenvalue weighted by Crippen LogP contribution is -2.33. The fourth-order valence-corrected chi connectivity index (χ4v) is 1.88. The number of hydrogen-bond donors (Lipinski definition) is 0. The third-order valence-electron chi connectivity index (χ3n) is 3.04. The number of aromatic nitrogens is 2. The third kappa shape index (κ3) is 2.65. The zero-order valence-corrected chi connectivity index (χ0v) is 11.2. The number of carbonyl (C=O) groups excluding carboxylic acids is 1. The summed E-state index contributed by atoms with van der Waals surface area (Å²) in [5.74, 6) is -0.274. The van der Waals surface area contributed by atoms with Gasteiger partial charge in [0.1, 0.15) is 11.2 Å². The van der Waals surface area contributed by atoms with Crippen LogP contribution in [0.4, 0.5) is 0 Å². The number of nitrogens with zero attached hydrogens (tertiary/aromatic N) is 3. The molecule has 0 aliphatic carbocycles. The summed E-state index contributed by atoms with van der Waals surface area (Å²) >= 11 is 0. The standard InChI is InChI=1S/C14H17N3O2/c1-3-4-8-16(2)13(18)11-10-15-12-7-5-6-9-17(12)14(11)19/h5-7,9-10H,3-4,8H2,1-2H3. The molecule has 0 aliphatic rings. The summed E-state index contributed by atoms with van der Waals surface area (Å²) in [6.45, 7) is 2.71. The molecule has 0 radical (unpaired) electrons. The van der Waals surface area contributed by atoms with Gasteiger partial charge in [0, 0.05) is 26.0 Å². The fourth-order valence-electron chi connectivity index (χ4n) is 1.88. The second-order valence-electron chi connectivity index (χ2n) is 4.49. The molecule has 19 heavy (non-hydrogen) atoms. The van der Waals surface area contributed by atoms with Gasteiger partial charge < -0.3 is 4.90 Å². The number of carbonyl (C=O) groups is 1. The Kier molecular flexibility index (Phi) is 3.94. The first kappa shape index (κ1) is 13.3. The van der Waals surface area contributed by atoms with E-state index < -0.39 is 0 Å². The third-order valence-corrected chi connectivity index (χ3v) is 3.04. The number of amides is 1. The molecule has 2 rings (SSSR count). The Bertz CT molecular complexity index is 648. The van der Waals surface area contributed by atoms with Crippen molar-refractivity contribution in [2.24, 2.45) is 0 Å². The van der Waals surface area contributed by atoms with E-state index >= 15 is 0 Å². The van der Waals surface area contributed by atoms with Crippen molar-refractivity contribution in [1.29, 1.82) is 0 Å². The van der Waals surface area contributed by atoms with Crippen molar-refractivity contribution in [3.8, 4) is 0 Å². The molecule has 0 spiro atoms. The van der Waals surface area contributed by atoms with E-state index in [1.807, 2.05) is 0 Å². The van der Waals surface area contributed by atoms with E-state index in [2.05, 4.69) is 11.9 Å². The summed E-state index contributed by atoms with van der Waals surface area (Å²) in [6.07, 6.45) is 4.91. The van der Waals surface area contributed by atoms with Gasteiger partial charge in [0.2, 0.25) is 0 Å². The molecule has 5 heteroatoms. The molecule has 100 valence electrons. The van der Waals surface area contributed by atoms with Gasteiger partial charge in [0.25, 0.3) is 11.5 Å². The Morgan fingerprint density at radius 3 is 2.95 bits per heavy atom. The van der Waals surface area contributed by atoms with Gasteiger partial charge in [-0.2, -0.15) is 0 Å². The molecule has 0 saturated carbocycles. The van der Waals surface area contributed by atoms with Crippen LogP contribution >= 0.6 is 0 Å². The van der Waals surface area contributed by atoms with Gasteiger partial charge in [-0.3, -0.25) is 14.0 Å². The van der Waals surface area contributed by atoms with Crippen LogP contribution in [0.25, 0.3) is 5.65 Å². The summed E-state index contributed by atoms with van der Waals surface area (Å²) in [6, 6.07) is 5.28. The highest BCUT2D eigenvalue weighted by molar-refractivity contribution is 5.93. The number of fused-ring (bicyclic) bond motifs is 1. The summed E-state index contributed by atoms with van der Waals surface area (Å²) in [5.41, 5.74) is 0.335. The maximum absolute atomic E-state index is 12.2. The molecule has 1 amide bonds. The number of rotatable bonds is 4. The van der Waals surface area contributed by atoms with Crippen LogP contribution in [0.15, 0.2) is 35.4 Å². The van der Waals surface area contributed by atoms with Crippen molar-refractivity contribution in [3.05, 3.63) is 46.5 Å². The van der Waals surface area contributed by atoms with Gasteiger partial charge in [0.05, 0.1) is 0 Å². The normalized spacial score (nSPS) is 10.6. The van der Waals surface area contributed by atoms with Crippen LogP contribution in [0, 0.1) is 0 Å². The van der Waals surface area contributed by atoms with Crippen LogP contribution in [-0.2, 0) is 0 Å². The predicted octanol–water partition coefficient (Wildman–Crippen LogP) is 1.57. The first-order chi connectivity index (χ1) is 9.15. The number of unbranched alkanes of at least 4 members (excludes halogenated alkanes) is 1. The largest absolute Gasteiger partial charge is 0.341 e. The Labute approximate surface area is 111 Å². The van der Waals surface area contributed by atoms with Crippen LogP contribution in [0.3, 0.4) is 0 Å². The zero-order chi connectivity index (χ0) is 13.8. The average molecular weight is 259 g/mol. The van der Waals surface area contributed by atoms with E-state index in [-0.39, 0.29) is 17.0 Å². The lowest BCUT2D eigenvalue weighted by molar-refractivity contribution is 0.0791. The molecule has 0 aromatic carbocycles. The molecule has 0 fully saturated rings. The van der Waals surface area contributed by atoms with Crippen molar-refractivity contribution in [2.45, 2.75) is 19.8 Å².